The van der Waals surface area contributed by atoms with Crippen molar-refractivity contribution in [3.63, 3.8) is 0 Å². The number of fused-ring (bicyclic) bond motifs is 1. The van der Waals surface area contributed by atoms with Crippen molar-refractivity contribution >= 4 is 29.2 Å². The number of Topliss-reactive ketones (excluding diaryl/α,β-unsaturated/α-hetero) is 1. The minimum absolute atomic E-state index is 0.0338. The van der Waals surface area contributed by atoms with Crippen LogP contribution in [0.25, 0.3) is 16.9 Å². The average Bonchev–Trinajstić information content (AvgIpc) is 3.54. The fourth-order valence-electron chi connectivity index (χ4n) is 4.28. The van der Waals surface area contributed by atoms with Crippen LogP contribution in [0, 0.1) is 11.6 Å². The Kier molecular flexibility index (Phi) is 6.40. The quantitative estimate of drug-likeness (QED) is 0.282. The Morgan fingerprint density at radius 2 is 2.03 bits per heavy atom. The number of pyridine rings is 1. The van der Waals surface area contributed by atoms with Crippen molar-refractivity contribution in [2.45, 2.75) is 25.3 Å². The molecule has 194 valence electrons. The second kappa shape index (κ2) is 9.70. The molecule has 0 aliphatic carbocycles. The Balaban J connectivity index is 1.46. The van der Waals surface area contributed by atoms with Crippen LogP contribution >= 0.6 is 11.6 Å². The molecule has 0 bridgehead atoms. The Morgan fingerprint density at radius 1 is 1.24 bits per heavy atom. The van der Waals surface area contributed by atoms with E-state index in [1.54, 1.807) is 6.92 Å². The third-order valence-electron chi connectivity index (χ3n) is 6.07. The van der Waals surface area contributed by atoms with Crippen LogP contribution < -0.4 is 11.3 Å². The van der Waals surface area contributed by atoms with Gasteiger partial charge in [-0.15, -0.1) is 5.10 Å². The van der Waals surface area contributed by atoms with Crippen LogP contribution in [-0.4, -0.2) is 53.1 Å². The van der Waals surface area contributed by atoms with Crippen molar-refractivity contribution in [2.24, 2.45) is 0 Å². The summed E-state index contributed by atoms with van der Waals surface area (Å²) < 4.78 is 36.7. The molecule has 2 N–H and O–H groups in total. The van der Waals surface area contributed by atoms with E-state index in [0.717, 1.165) is 22.9 Å². The van der Waals surface area contributed by atoms with Gasteiger partial charge < -0.3 is 10.5 Å². The summed E-state index contributed by atoms with van der Waals surface area (Å²) in [5, 5.41) is 10.7. The van der Waals surface area contributed by atoms with Gasteiger partial charge in [-0.25, -0.2) is 23.5 Å². The number of carbonyl (C=O) groups is 2. The second-order valence-electron chi connectivity index (χ2n) is 8.46. The number of anilines is 1. The summed E-state index contributed by atoms with van der Waals surface area (Å²) in [5.41, 5.74) is 4.40. The molecular formula is C23H17ClF2N8O4. The van der Waals surface area contributed by atoms with Crippen LogP contribution in [0.1, 0.15) is 41.5 Å². The van der Waals surface area contributed by atoms with Crippen LogP contribution in [0.4, 0.5) is 14.6 Å². The van der Waals surface area contributed by atoms with E-state index in [0.29, 0.717) is 0 Å². The molecule has 2 atom stereocenters. The van der Waals surface area contributed by atoms with Gasteiger partial charge in [0.15, 0.2) is 24.1 Å². The lowest BCUT2D eigenvalue weighted by Crippen LogP contribution is -2.30. The van der Waals surface area contributed by atoms with Gasteiger partial charge in [0.2, 0.25) is 5.78 Å². The summed E-state index contributed by atoms with van der Waals surface area (Å²) in [6.07, 6.45) is 2.53. The first kappa shape index (κ1) is 25.1. The van der Waals surface area contributed by atoms with Gasteiger partial charge in [-0.1, -0.05) is 18.5 Å². The highest BCUT2D eigenvalue weighted by Gasteiger charge is 2.37. The van der Waals surface area contributed by atoms with Crippen molar-refractivity contribution in [1.82, 2.24) is 34.7 Å². The molecule has 38 heavy (non-hydrogen) atoms. The average molecular weight is 543 g/mol. The standard InChI is InChI=1S/C23H17ClF2N8O4/c1-10-6-15(23(37)38-8-16(35)11-4-5-28-21(27)19(11)25)34-17(36)7-13(30-22(10)34)18-14(33-9-29-31-32-33)3-2-12(24)20(18)26/h2-5,7,9-10,15H,6,8H2,1H3,(H2,27,28). The van der Waals surface area contributed by atoms with Crippen LogP contribution in [-0.2, 0) is 9.53 Å². The molecule has 1 aromatic carbocycles. The van der Waals surface area contributed by atoms with Crippen molar-refractivity contribution in [2.75, 3.05) is 12.3 Å². The summed E-state index contributed by atoms with van der Waals surface area (Å²) >= 11 is 6.00. The number of carbonyl (C=O) groups excluding carboxylic acids is 2. The van der Waals surface area contributed by atoms with Crippen molar-refractivity contribution < 1.29 is 23.1 Å². The molecular weight excluding hydrogens is 526 g/mol. The van der Waals surface area contributed by atoms with Crippen LogP contribution in [0.3, 0.4) is 0 Å². The predicted molar refractivity (Wildman–Crippen MR) is 128 cm³/mol. The van der Waals surface area contributed by atoms with E-state index in [2.05, 4.69) is 25.5 Å². The number of nitrogen functional groups attached to an aromatic ring is 1. The number of tetrazole rings is 1. The molecule has 0 spiro atoms. The van der Waals surface area contributed by atoms with Crippen LogP contribution in [0.2, 0.25) is 5.02 Å². The lowest BCUT2D eigenvalue weighted by atomic mass is 10.1. The van der Waals surface area contributed by atoms with Gasteiger partial charge >= 0.3 is 5.97 Å². The zero-order valence-electron chi connectivity index (χ0n) is 19.5. The number of rotatable bonds is 6. The largest absolute Gasteiger partial charge is 0.456 e. The minimum atomic E-state index is -1.10. The van der Waals surface area contributed by atoms with Crippen LogP contribution in [0.5, 0.6) is 0 Å². The molecule has 3 aromatic heterocycles. The minimum Gasteiger partial charge on any atom is -0.456 e. The van der Waals surface area contributed by atoms with Crippen molar-refractivity contribution in [1.29, 1.82) is 0 Å². The van der Waals surface area contributed by atoms with Gasteiger partial charge in [0.25, 0.3) is 5.56 Å². The molecule has 2 unspecified atom stereocenters. The number of hydrogen-bond acceptors (Lipinski definition) is 10. The number of nitrogens with zero attached hydrogens (tertiary/aromatic N) is 7. The topological polar surface area (TPSA) is 161 Å². The van der Waals surface area contributed by atoms with E-state index >= 15 is 4.39 Å². The van der Waals surface area contributed by atoms with E-state index in [1.165, 1.54) is 23.1 Å². The van der Waals surface area contributed by atoms with E-state index in [1.807, 2.05) is 0 Å². The maximum Gasteiger partial charge on any atom is 0.329 e. The number of hydrogen-bond donors (Lipinski definition) is 1. The molecule has 1 aliphatic heterocycles. The molecule has 4 aromatic rings. The second-order valence-corrected chi connectivity index (χ2v) is 8.87. The Labute approximate surface area is 217 Å². The number of benzene rings is 1. The molecule has 1 aliphatic rings. The number of nitrogens with two attached hydrogens (primary N) is 1. The van der Waals surface area contributed by atoms with Crippen molar-refractivity contribution in [3.8, 4) is 16.9 Å². The normalized spacial score (nSPS) is 16.3. The first-order valence-corrected chi connectivity index (χ1v) is 11.5. The van der Waals surface area contributed by atoms with Gasteiger partial charge in [-0.05, 0) is 35.0 Å². The van der Waals surface area contributed by atoms with Gasteiger partial charge in [-0.2, -0.15) is 4.68 Å². The third kappa shape index (κ3) is 4.28. The first-order valence-electron chi connectivity index (χ1n) is 11.1. The molecule has 4 heterocycles. The van der Waals surface area contributed by atoms with Crippen molar-refractivity contribution in [3.05, 3.63) is 75.2 Å². The van der Waals surface area contributed by atoms with E-state index in [9.17, 15) is 18.8 Å². The Hall–Kier alpha value is -4.59. The zero-order chi connectivity index (χ0) is 27.1. The highest BCUT2D eigenvalue weighted by molar-refractivity contribution is 6.31. The number of halogens is 3. The summed E-state index contributed by atoms with van der Waals surface area (Å²) in [5.74, 6) is -4.23. The first-order chi connectivity index (χ1) is 18.2. The fraction of sp³-hybridized carbons (Fsp3) is 0.217. The van der Waals surface area contributed by atoms with E-state index < -0.39 is 53.3 Å². The van der Waals surface area contributed by atoms with Crippen LogP contribution in [0.15, 0.2) is 41.6 Å². The smallest absolute Gasteiger partial charge is 0.329 e. The Bertz CT molecular complexity index is 1640. The zero-order valence-corrected chi connectivity index (χ0v) is 20.3. The molecule has 0 radical (unpaired) electrons. The number of aromatic nitrogens is 7. The third-order valence-corrected chi connectivity index (χ3v) is 6.36. The maximum absolute atomic E-state index is 15.2. The summed E-state index contributed by atoms with van der Waals surface area (Å²) in [6, 6.07) is 3.87. The molecule has 0 saturated heterocycles. The van der Waals surface area contributed by atoms with E-state index in [-0.39, 0.29) is 39.8 Å². The summed E-state index contributed by atoms with van der Waals surface area (Å²) in [4.78, 5) is 46.4. The van der Waals surface area contributed by atoms with Gasteiger partial charge in [0.05, 0.1) is 27.5 Å². The number of ketones is 1. The fourth-order valence-corrected chi connectivity index (χ4v) is 4.44. The maximum atomic E-state index is 15.2. The number of esters is 1. The molecule has 0 amide bonds. The van der Waals surface area contributed by atoms with E-state index in [4.69, 9.17) is 22.1 Å². The predicted octanol–water partition coefficient (Wildman–Crippen LogP) is 2.27. The monoisotopic (exact) mass is 542 g/mol. The molecule has 0 saturated carbocycles. The van der Waals surface area contributed by atoms with Gasteiger partial charge in [0.1, 0.15) is 18.2 Å². The molecule has 5 rings (SSSR count). The summed E-state index contributed by atoms with van der Waals surface area (Å²) in [6.45, 7) is 0.953. The van der Waals surface area contributed by atoms with Gasteiger partial charge in [0, 0.05) is 18.2 Å². The SMILES string of the molecule is CC1CC(C(=O)OCC(=O)c2ccnc(N)c2F)n2c1nc(-c1c(-n3cnnn3)ccc(Cl)c1F)cc2=O. The molecule has 12 nitrogen and oxygen atoms in total. The highest BCUT2D eigenvalue weighted by atomic mass is 35.5. The highest BCUT2D eigenvalue weighted by Crippen LogP contribution is 2.37. The number of ether oxygens (including phenoxy) is 1. The Morgan fingerprint density at radius 3 is 2.76 bits per heavy atom. The summed E-state index contributed by atoms with van der Waals surface area (Å²) in [7, 11) is 0. The molecule has 0 fully saturated rings. The van der Waals surface area contributed by atoms with Gasteiger partial charge in [-0.3, -0.25) is 14.2 Å². The molecule has 15 heteroatoms. The lowest BCUT2D eigenvalue weighted by molar-refractivity contribution is -0.146. The lowest BCUT2D eigenvalue weighted by Gasteiger charge is -2.15.